The summed E-state index contributed by atoms with van der Waals surface area (Å²) in [4.78, 5) is 24.9. The second kappa shape index (κ2) is 4.93. The van der Waals surface area contributed by atoms with E-state index in [-0.39, 0.29) is 17.1 Å². The van der Waals surface area contributed by atoms with Gasteiger partial charge in [0.15, 0.2) is 0 Å². The van der Waals surface area contributed by atoms with E-state index in [9.17, 15) is 9.59 Å². The number of nitrogens with zero attached hydrogens (tertiary/aromatic N) is 1. The molecule has 0 aliphatic carbocycles. The molecule has 2 amide bonds. The lowest BCUT2D eigenvalue weighted by molar-refractivity contribution is -0.120. The Kier molecular flexibility index (Phi) is 3.59. The molecule has 0 saturated heterocycles. The summed E-state index contributed by atoms with van der Waals surface area (Å²) in [6.45, 7) is 8.30. The van der Waals surface area contributed by atoms with Crippen LogP contribution in [0.4, 0.5) is 5.69 Å². The molecule has 0 aromatic heterocycles. The van der Waals surface area contributed by atoms with Crippen LogP contribution < -0.4 is 4.90 Å². The maximum atomic E-state index is 11.8. The Hall–Kier alpha value is -1.84. The minimum atomic E-state index is -0.259. The molecule has 3 nitrogen and oxygen atoms in total. The van der Waals surface area contributed by atoms with Crippen molar-refractivity contribution in [2.24, 2.45) is 0 Å². The van der Waals surface area contributed by atoms with Crippen LogP contribution in [0.15, 0.2) is 24.3 Å². The summed E-state index contributed by atoms with van der Waals surface area (Å²) in [5.74, 6) is -0.519. The summed E-state index contributed by atoms with van der Waals surface area (Å²) in [5.41, 5.74) is 3.90. The Morgan fingerprint density at radius 3 is 1.90 bits per heavy atom. The van der Waals surface area contributed by atoms with Gasteiger partial charge in [0.1, 0.15) is 7.85 Å². The SMILES string of the molecule is BC(C)(C)Cc1cc(C)c(N2C(=O)C=CC2=O)c(C)c1. The van der Waals surface area contributed by atoms with Gasteiger partial charge in [-0.2, -0.15) is 0 Å². The fraction of sp³-hybridized carbons (Fsp3) is 0.375. The average Bonchev–Trinajstić information content (AvgIpc) is 2.57. The smallest absolute Gasteiger partial charge is 0.258 e. The van der Waals surface area contributed by atoms with Crippen LogP contribution in [0.1, 0.15) is 30.5 Å². The highest BCUT2D eigenvalue weighted by Gasteiger charge is 2.28. The number of rotatable bonds is 3. The summed E-state index contributed by atoms with van der Waals surface area (Å²) < 4.78 is 0. The number of anilines is 1. The lowest BCUT2D eigenvalue weighted by Crippen LogP contribution is -2.31. The highest BCUT2D eigenvalue weighted by atomic mass is 16.2. The molecule has 1 aliphatic heterocycles. The van der Waals surface area contributed by atoms with Crippen molar-refractivity contribution in [3.8, 4) is 0 Å². The molecule has 1 aliphatic rings. The summed E-state index contributed by atoms with van der Waals surface area (Å²) in [6.07, 6.45) is 3.61. The molecule has 4 heteroatoms. The maximum Gasteiger partial charge on any atom is 0.258 e. The van der Waals surface area contributed by atoms with Crippen LogP contribution >= 0.6 is 0 Å². The number of hydrogen-bond donors (Lipinski definition) is 0. The van der Waals surface area contributed by atoms with Crippen LogP contribution in [0.5, 0.6) is 0 Å². The zero-order valence-electron chi connectivity index (χ0n) is 12.8. The average molecular weight is 269 g/mol. The van der Waals surface area contributed by atoms with Crippen molar-refractivity contribution in [2.45, 2.75) is 39.4 Å². The molecule has 0 saturated carbocycles. The van der Waals surface area contributed by atoms with Crippen molar-refractivity contribution in [3.63, 3.8) is 0 Å². The van der Waals surface area contributed by atoms with Gasteiger partial charge in [-0.1, -0.05) is 31.3 Å². The van der Waals surface area contributed by atoms with Gasteiger partial charge in [-0.15, -0.1) is 0 Å². The van der Waals surface area contributed by atoms with E-state index in [0.29, 0.717) is 0 Å². The van der Waals surface area contributed by atoms with E-state index in [0.717, 1.165) is 23.2 Å². The molecule has 0 bridgehead atoms. The molecule has 1 aromatic rings. The second-order valence-corrected chi connectivity index (χ2v) is 6.66. The van der Waals surface area contributed by atoms with Gasteiger partial charge in [0.05, 0.1) is 5.69 Å². The van der Waals surface area contributed by atoms with Gasteiger partial charge < -0.3 is 0 Å². The van der Waals surface area contributed by atoms with Gasteiger partial charge in [0, 0.05) is 12.2 Å². The normalized spacial score (nSPS) is 15.3. The molecular weight excluding hydrogens is 249 g/mol. The molecule has 1 aromatic carbocycles. The Balaban J connectivity index is 2.42. The third-order valence-electron chi connectivity index (χ3n) is 3.32. The first-order chi connectivity index (χ1) is 9.19. The fourth-order valence-electron chi connectivity index (χ4n) is 2.73. The summed E-state index contributed by atoms with van der Waals surface area (Å²) in [5, 5.41) is 0.210. The molecule has 20 heavy (non-hydrogen) atoms. The lowest BCUT2D eigenvalue weighted by Gasteiger charge is -2.23. The zero-order valence-corrected chi connectivity index (χ0v) is 12.8. The monoisotopic (exact) mass is 269 g/mol. The first kappa shape index (κ1) is 14.6. The van der Waals surface area contributed by atoms with E-state index in [1.54, 1.807) is 0 Å². The Morgan fingerprint density at radius 2 is 1.50 bits per heavy atom. The molecule has 2 rings (SSSR count). The van der Waals surface area contributed by atoms with Gasteiger partial charge in [0.2, 0.25) is 0 Å². The first-order valence-electron chi connectivity index (χ1n) is 6.85. The van der Waals surface area contributed by atoms with Crippen molar-refractivity contribution >= 4 is 25.3 Å². The van der Waals surface area contributed by atoms with Gasteiger partial charge >= 0.3 is 0 Å². The van der Waals surface area contributed by atoms with Crippen LogP contribution in [0.2, 0.25) is 5.31 Å². The summed E-state index contributed by atoms with van der Waals surface area (Å²) in [7, 11) is 2.20. The van der Waals surface area contributed by atoms with Gasteiger partial charge in [0.25, 0.3) is 11.8 Å². The molecule has 0 N–H and O–H groups in total. The van der Waals surface area contributed by atoms with E-state index >= 15 is 0 Å². The summed E-state index contributed by atoms with van der Waals surface area (Å²) in [6, 6.07) is 4.15. The number of carbonyl (C=O) groups is 2. The highest BCUT2D eigenvalue weighted by Crippen LogP contribution is 2.32. The number of carbonyl (C=O) groups excluding carboxylic acids is 2. The molecule has 1 heterocycles. The fourth-order valence-corrected chi connectivity index (χ4v) is 2.73. The molecule has 0 unspecified atom stereocenters. The zero-order chi connectivity index (χ0) is 15.1. The third-order valence-corrected chi connectivity index (χ3v) is 3.32. The number of hydrogen-bond acceptors (Lipinski definition) is 2. The second-order valence-electron chi connectivity index (χ2n) is 6.66. The van der Waals surface area contributed by atoms with Crippen molar-refractivity contribution < 1.29 is 9.59 Å². The summed E-state index contributed by atoms with van der Waals surface area (Å²) >= 11 is 0. The van der Waals surface area contributed by atoms with Crippen LogP contribution in [0.25, 0.3) is 0 Å². The minimum absolute atomic E-state index is 0.210. The largest absolute Gasteiger partial charge is 0.269 e. The van der Waals surface area contributed by atoms with Gasteiger partial charge in [-0.05, 0) is 37.0 Å². The maximum absolute atomic E-state index is 11.8. The van der Waals surface area contributed by atoms with Gasteiger partial charge in [-0.3, -0.25) is 9.59 Å². The first-order valence-corrected chi connectivity index (χ1v) is 6.85. The number of benzene rings is 1. The van der Waals surface area contributed by atoms with E-state index < -0.39 is 0 Å². The molecular formula is C16H20BNO2. The Labute approximate surface area is 121 Å². The van der Waals surface area contributed by atoms with E-state index in [4.69, 9.17) is 0 Å². The predicted molar refractivity (Wildman–Crippen MR) is 83.8 cm³/mol. The number of amides is 2. The molecule has 0 fully saturated rings. The molecule has 0 radical (unpaired) electrons. The van der Waals surface area contributed by atoms with Gasteiger partial charge in [-0.25, -0.2) is 4.90 Å². The lowest BCUT2D eigenvalue weighted by atomic mass is 9.68. The van der Waals surface area contributed by atoms with E-state index in [2.05, 4.69) is 33.8 Å². The Bertz CT molecular complexity index is 570. The predicted octanol–water partition coefficient (Wildman–Crippen LogP) is 2.11. The topological polar surface area (TPSA) is 37.4 Å². The van der Waals surface area contributed by atoms with E-state index in [1.807, 2.05) is 13.8 Å². The molecule has 0 atom stereocenters. The van der Waals surface area contributed by atoms with Crippen molar-refractivity contribution in [1.82, 2.24) is 0 Å². The Morgan fingerprint density at radius 1 is 1.05 bits per heavy atom. The van der Waals surface area contributed by atoms with Crippen LogP contribution in [-0.2, 0) is 16.0 Å². The van der Waals surface area contributed by atoms with Crippen molar-refractivity contribution in [2.75, 3.05) is 4.90 Å². The third kappa shape index (κ3) is 2.84. The van der Waals surface area contributed by atoms with Crippen molar-refractivity contribution in [1.29, 1.82) is 0 Å². The van der Waals surface area contributed by atoms with Crippen LogP contribution in [-0.4, -0.2) is 19.7 Å². The number of aryl methyl sites for hydroxylation is 2. The minimum Gasteiger partial charge on any atom is -0.269 e. The van der Waals surface area contributed by atoms with E-state index in [1.165, 1.54) is 22.6 Å². The van der Waals surface area contributed by atoms with Crippen molar-refractivity contribution in [3.05, 3.63) is 41.0 Å². The number of imide groups is 1. The molecule has 0 spiro atoms. The highest BCUT2D eigenvalue weighted by molar-refractivity contribution is 6.28. The standard InChI is InChI=1S/C16H20BNO2/c1-10-7-12(9-16(3,4)17)8-11(2)15(10)18-13(19)5-6-14(18)20/h5-8H,9,17H2,1-4H3. The quantitative estimate of drug-likeness (QED) is 0.622. The van der Waals surface area contributed by atoms with Crippen LogP contribution in [0, 0.1) is 13.8 Å². The molecule has 104 valence electrons. The van der Waals surface area contributed by atoms with Crippen LogP contribution in [0.3, 0.4) is 0 Å².